The van der Waals surface area contributed by atoms with Gasteiger partial charge in [0.15, 0.2) is 5.69 Å². The van der Waals surface area contributed by atoms with Gasteiger partial charge in [-0.05, 0) is 30.9 Å². The Kier molecular flexibility index (Phi) is 7.26. The van der Waals surface area contributed by atoms with Crippen LogP contribution in [0.15, 0.2) is 21.7 Å². The van der Waals surface area contributed by atoms with Crippen molar-refractivity contribution in [3.8, 4) is 9.88 Å². The number of carbonyl (C=O) groups is 1. The second-order valence-electron chi connectivity index (χ2n) is 8.34. The highest BCUT2D eigenvalue weighted by molar-refractivity contribution is 7.24. The van der Waals surface area contributed by atoms with Crippen molar-refractivity contribution in [1.82, 2.24) is 14.5 Å². The Labute approximate surface area is 198 Å². The number of nitrogens with two attached hydrogens (primary N) is 1. The van der Waals surface area contributed by atoms with E-state index in [1.807, 2.05) is 33.8 Å². The van der Waals surface area contributed by atoms with E-state index in [2.05, 4.69) is 9.97 Å². The molecule has 0 unspecified atom stereocenters. The zero-order chi connectivity index (χ0) is 23.7. The second-order valence-corrected chi connectivity index (χ2v) is 11.1. The van der Waals surface area contributed by atoms with E-state index in [1.54, 1.807) is 13.0 Å². The molecule has 3 N–H and O–H groups in total. The molecule has 3 rings (SSSR count). The minimum Gasteiger partial charge on any atom is -0.383 e. The molecular formula is C21H26ClN5O3S2. The number of hydrogen-bond donors (Lipinski definition) is 2. The quantitative estimate of drug-likeness (QED) is 0.509. The number of nitrogens with zero attached hydrogens (tertiary/aromatic N) is 3. The van der Waals surface area contributed by atoms with Crippen molar-refractivity contribution in [2.75, 3.05) is 17.2 Å². The Bertz CT molecular complexity index is 1260. The lowest BCUT2D eigenvalue weighted by molar-refractivity contribution is 0.0986. The van der Waals surface area contributed by atoms with Crippen LogP contribution in [0.2, 0.25) is 4.34 Å². The fourth-order valence-corrected chi connectivity index (χ4v) is 5.39. The van der Waals surface area contributed by atoms with Gasteiger partial charge in [-0.15, -0.1) is 22.7 Å². The molecule has 0 saturated carbocycles. The highest BCUT2D eigenvalue weighted by Gasteiger charge is 2.29. The van der Waals surface area contributed by atoms with Crippen LogP contribution in [0.25, 0.3) is 9.88 Å². The van der Waals surface area contributed by atoms with E-state index in [9.17, 15) is 14.4 Å². The monoisotopic (exact) mass is 495 g/mol. The van der Waals surface area contributed by atoms with Gasteiger partial charge < -0.3 is 5.73 Å². The molecule has 0 aliphatic rings. The summed E-state index contributed by atoms with van der Waals surface area (Å²) >= 11 is 8.67. The molecule has 0 radical (unpaired) electrons. The minimum atomic E-state index is -0.686. The van der Waals surface area contributed by atoms with Crippen molar-refractivity contribution in [2.24, 2.45) is 11.8 Å². The van der Waals surface area contributed by atoms with Gasteiger partial charge in [-0.2, -0.15) is 0 Å². The summed E-state index contributed by atoms with van der Waals surface area (Å²) in [5.74, 6) is -0.234. The first-order valence-corrected chi connectivity index (χ1v) is 12.2. The summed E-state index contributed by atoms with van der Waals surface area (Å²) < 4.78 is 1.94. The first-order valence-electron chi connectivity index (χ1n) is 10.2. The van der Waals surface area contributed by atoms with Crippen molar-refractivity contribution < 1.29 is 4.79 Å². The molecule has 0 aliphatic carbocycles. The van der Waals surface area contributed by atoms with E-state index in [1.165, 1.54) is 32.1 Å². The number of carbonyl (C=O) groups excluding carboxylic acids is 1. The molecule has 8 nitrogen and oxygen atoms in total. The van der Waals surface area contributed by atoms with Crippen molar-refractivity contribution >= 4 is 51.7 Å². The van der Waals surface area contributed by atoms with E-state index < -0.39 is 11.2 Å². The molecule has 0 fully saturated rings. The maximum atomic E-state index is 13.7. The van der Waals surface area contributed by atoms with Crippen LogP contribution in [-0.2, 0) is 6.54 Å². The van der Waals surface area contributed by atoms with Gasteiger partial charge >= 0.3 is 5.69 Å². The molecule has 11 heteroatoms. The zero-order valence-electron chi connectivity index (χ0n) is 18.6. The van der Waals surface area contributed by atoms with Crippen LogP contribution in [0.3, 0.4) is 0 Å². The zero-order valence-corrected chi connectivity index (χ0v) is 21.0. The number of hydrogen-bond acceptors (Lipinski definition) is 7. The molecular weight excluding hydrogens is 470 g/mol. The normalized spacial score (nSPS) is 11.5. The maximum absolute atomic E-state index is 13.7. The Morgan fingerprint density at radius 1 is 1.22 bits per heavy atom. The van der Waals surface area contributed by atoms with Gasteiger partial charge in [0.1, 0.15) is 15.7 Å². The van der Waals surface area contributed by atoms with Crippen molar-refractivity contribution in [3.05, 3.63) is 47.9 Å². The minimum absolute atomic E-state index is 0.0162. The average Bonchev–Trinajstić information content (AvgIpc) is 3.28. The van der Waals surface area contributed by atoms with Crippen molar-refractivity contribution in [1.29, 1.82) is 0 Å². The van der Waals surface area contributed by atoms with Crippen molar-refractivity contribution in [3.63, 3.8) is 0 Å². The van der Waals surface area contributed by atoms with E-state index in [-0.39, 0.29) is 35.8 Å². The molecule has 32 heavy (non-hydrogen) atoms. The number of nitrogens with one attached hydrogen (secondary N) is 1. The Hall–Kier alpha value is -2.43. The SMILES string of the molecule is Cc1nc(-c2ccc(Cl)s2)sc1C(=O)N(CC(C)C)c1c(N)n(CC(C)C)c(=O)[nH]c1=O. The molecule has 3 aromatic rings. The highest BCUT2D eigenvalue weighted by Crippen LogP contribution is 2.36. The fraction of sp³-hybridized carbons (Fsp3) is 0.429. The number of amides is 1. The summed E-state index contributed by atoms with van der Waals surface area (Å²) in [6.45, 7) is 10.1. The van der Waals surface area contributed by atoms with Gasteiger partial charge in [0.25, 0.3) is 11.5 Å². The van der Waals surface area contributed by atoms with E-state index >= 15 is 0 Å². The van der Waals surface area contributed by atoms with Gasteiger partial charge in [-0.1, -0.05) is 39.3 Å². The molecule has 3 aromatic heterocycles. The van der Waals surface area contributed by atoms with Crippen molar-refractivity contribution in [2.45, 2.75) is 41.2 Å². The number of thiazole rings is 1. The molecule has 0 atom stereocenters. The lowest BCUT2D eigenvalue weighted by Crippen LogP contribution is -2.43. The number of thiophene rings is 1. The Balaban J connectivity index is 2.12. The first kappa shape index (κ1) is 24.2. The third kappa shape index (κ3) is 4.97. The van der Waals surface area contributed by atoms with Crippen LogP contribution < -0.4 is 21.9 Å². The third-order valence-electron chi connectivity index (χ3n) is 4.60. The summed E-state index contributed by atoms with van der Waals surface area (Å²) in [7, 11) is 0. The number of nitrogen functional groups attached to an aromatic ring is 1. The first-order chi connectivity index (χ1) is 15.0. The van der Waals surface area contributed by atoms with Crippen LogP contribution in [0, 0.1) is 18.8 Å². The molecule has 0 aromatic carbocycles. The number of aromatic amines is 1. The highest BCUT2D eigenvalue weighted by atomic mass is 35.5. The third-order valence-corrected chi connectivity index (χ3v) is 7.15. The van der Waals surface area contributed by atoms with E-state index in [0.29, 0.717) is 26.5 Å². The van der Waals surface area contributed by atoms with Crippen LogP contribution >= 0.6 is 34.3 Å². The summed E-state index contributed by atoms with van der Waals surface area (Å²) in [5.41, 5.74) is 5.55. The number of H-pyrrole nitrogens is 1. The second kappa shape index (κ2) is 9.60. The Morgan fingerprint density at radius 2 is 1.91 bits per heavy atom. The van der Waals surface area contributed by atoms with E-state index in [0.717, 1.165) is 4.88 Å². The molecule has 0 spiro atoms. The largest absolute Gasteiger partial charge is 0.383 e. The van der Waals surface area contributed by atoms with Gasteiger partial charge in [0.2, 0.25) is 0 Å². The number of halogens is 1. The standard InChI is InChI=1S/C21H26ClN5O3S2/c1-10(2)8-26(15-17(23)27(9-11(3)4)21(30)25-18(15)28)20(29)16-12(5)24-19(32-16)13-6-7-14(22)31-13/h6-7,10-11H,8-9,23H2,1-5H3,(H,25,28,30). The number of aromatic nitrogens is 3. The van der Waals surface area contributed by atoms with Gasteiger partial charge in [-0.3, -0.25) is 24.0 Å². The lowest BCUT2D eigenvalue weighted by Gasteiger charge is -2.26. The topological polar surface area (TPSA) is 114 Å². The summed E-state index contributed by atoms with van der Waals surface area (Å²) in [6, 6.07) is 3.64. The van der Waals surface area contributed by atoms with Crippen LogP contribution in [0.4, 0.5) is 11.5 Å². The Morgan fingerprint density at radius 3 is 2.47 bits per heavy atom. The molecule has 1 amide bonds. The van der Waals surface area contributed by atoms with Crippen LogP contribution in [-0.4, -0.2) is 27.0 Å². The molecule has 0 aliphatic heterocycles. The molecule has 0 saturated heterocycles. The van der Waals surface area contributed by atoms with Gasteiger partial charge in [0.05, 0.1) is 14.9 Å². The van der Waals surface area contributed by atoms with Crippen LogP contribution in [0.5, 0.6) is 0 Å². The summed E-state index contributed by atoms with van der Waals surface area (Å²) in [4.78, 5) is 48.3. The lowest BCUT2D eigenvalue weighted by atomic mass is 10.1. The average molecular weight is 496 g/mol. The number of rotatable bonds is 7. The molecule has 3 heterocycles. The van der Waals surface area contributed by atoms with E-state index in [4.69, 9.17) is 17.3 Å². The summed E-state index contributed by atoms with van der Waals surface area (Å²) in [6.07, 6.45) is 0. The van der Waals surface area contributed by atoms with Crippen LogP contribution in [0.1, 0.15) is 43.1 Å². The predicted octanol–water partition coefficient (Wildman–Crippen LogP) is 4.22. The maximum Gasteiger partial charge on any atom is 0.330 e. The number of anilines is 2. The van der Waals surface area contributed by atoms with Gasteiger partial charge in [-0.25, -0.2) is 9.78 Å². The molecule has 172 valence electrons. The summed E-state index contributed by atoms with van der Waals surface area (Å²) in [5, 5.41) is 0.680. The smallest absolute Gasteiger partial charge is 0.330 e. The number of aryl methyl sites for hydroxylation is 1. The molecule has 0 bridgehead atoms. The van der Waals surface area contributed by atoms with Gasteiger partial charge in [0, 0.05) is 13.1 Å². The fourth-order valence-electron chi connectivity index (χ4n) is 3.28. The predicted molar refractivity (Wildman–Crippen MR) is 132 cm³/mol.